The molecule has 0 aliphatic heterocycles. The number of unbranched alkanes of at least 4 members (excludes halogenated alkanes) is 33. The first kappa shape index (κ1) is 55.4. The summed E-state index contributed by atoms with van der Waals surface area (Å²) in [6.07, 6.45) is 46.5. The van der Waals surface area contributed by atoms with Crippen molar-refractivity contribution in [3.63, 3.8) is 0 Å². The van der Waals surface area contributed by atoms with Gasteiger partial charge < -0.3 is 14.2 Å². The van der Waals surface area contributed by atoms with Crippen LogP contribution in [0.1, 0.15) is 285 Å². The molecule has 0 fully saturated rings. The van der Waals surface area contributed by atoms with Gasteiger partial charge in [-0.15, -0.1) is 0 Å². The smallest absolute Gasteiger partial charge is 0.306 e. The van der Waals surface area contributed by atoms with Gasteiger partial charge in [0.1, 0.15) is 13.2 Å². The fourth-order valence-electron chi connectivity index (χ4n) is 7.69. The molecule has 0 amide bonds. The van der Waals surface area contributed by atoms with E-state index in [-0.39, 0.29) is 31.1 Å². The van der Waals surface area contributed by atoms with Crippen molar-refractivity contribution in [3.05, 3.63) is 0 Å². The molecule has 6 nitrogen and oxygen atoms in total. The summed E-state index contributed by atoms with van der Waals surface area (Å²) in [7, 11) is 0. The van der Waals surface area contributed by atoms with Crippen molar-refractivity contribution in [1.29, 1.82) is 0 Å². The Morgan fingerprint density at radius 3 is 0.860 bits per heavy atom. The SMILES string of the molecule is CCCCCCCCCCCCCCCCC(=O)OC[C@@H](COC(=O)CCCCCCCCCCCCC)OC(=O)CCCCCCCCCCCCCC(C)C. The number of ether oxygens (including phenoxy) is 3. The Morgan fingerprint density at radius 1 is 0.333 bits per heavy atom. The first-order valence-electron chi connectivity index (χ1n) is 25.4. The van der Waals surface area contributed by atoms with Crippen LogP contribution in [0, 0.1) is 5.92 Å². The van der Waals surface area contributed by atoms with Crippen LogP contribution in [0.15, 0.2) is 0 Å². The van der Waals surface area contributed by atoms with Crippen LogP contribution in [-0.2, 0) is 28.6 Å². The van der Waals surface area contributed by atoms with Crippen molar-refractivity contribution in [2.75, 3.05) is 13.2 Å². The van der Waals surface area contributed by atoms with Crippen molar-refractivity contribution >= 4 is 17.9 Å². The monoisotopic (exact) mass is 807 g/mol. The zero-order chi connectivity index (χ0) is 41.7. The molecule has 0 spiro atoms. The van der Waals surface area contributed by atoms with Gasteiger partial charge in [0.05, 0.1) is 0 Å². The molecular weight excluding hydrogens is 709 g/mol. The third kappa shape index (κ3) is 45.3. The largest absolute Gasteiger partial charge is 0.462 e. The van der Waals surface area contributed by atoms with Gasteiger partial charge in [-0.25, -0.2) is 0 Å². The second-order valence-corrected chi connectivity index (χ2v) is 17.9. The van der Waals surface area contributed by atoms with Crippen LogP contribution in [-0.4, -0.2) is 37.2 Å². The molecule has 338 valence electrons. The number of carbonyl (C=O) groups is 3. The summed E-state index contributed by atoms with van der Waals surface area (Å²) in [6, 6.07) is 0. The number of rotatable bonds is 46. The van der Waals surface area contributed by atoms with Crippen LogP contribution < -0.4 is 0 Å². The molecule has 6 heteroatoms. The van der Waals surface area contributed by atoms with Gasteiger partial charge in [-0.2, -0.15) is 0 Å². The molecule has 0 aliphatic carbocycles. The van der Waals surface area contributed by atoms with Gasteiger partial charge in [0.25, 0.3) is 0 Å². The van der Waals surface area contributed by atoms with Gasteiger partial charge in [0.2, 0.25) is 0 Å². The minimum Gasteiger partial charge on any atom is -0.462 e. The molecule has 0 saturated carbocycles. The van der Waals surface area contributed by atoms with Gasteiger partial charge >= 0.3 is 17.9 Å². The van der Waals surface area contributed by atoms with E-state index < -0.39 is 6.10 Å². The maximum Gasteiger partial charge on any atom is 0.306 e. The van der Waals surface area contributed by atoms with Gasteiger partial charge in [0.15, 0.2) is 6.10 Å². The lowest BCUT2D eigenvalue weighted by Gasteiger charge is -2.18. The van der Waals surface area contributed by atoms with Gasteiger partial charge in [0, 0.05) is 19.3 Å². The maximum absolute atomic E-state index is 12.8. The number of hydrogen-bond acceptors (Lipinski definition) is 6. The molecular formula is C51H98O6. The first-order valence-corrected chi connectivity index (χ1v) is 25.4. The number of hydrogen-bond donors (Lipinski definition) is 0. The second kappa shape index (κ2) is 45.5. The Kier molecular flexibility index (Phi) is 44.2. The summed E-state index contributed by atoms with van der Waals surface area (Å²) < 4.78 is 16.8. The van der Waals surface area contributed by atoms with E-state index in [1.54, 1.807) is 0 Å². The van der Waals surface area contributed by atoms with Gasteiger partial charge in [-0.1, -0.05) is 246 Å². The van der Waals surface area contributed by atoms with Crippen molar-refractivity contribution in [2.24, 2.45) is 5.92 Å². The first-order chi connectivity index (χ1) is 27.9. The summed E-state index contributed by atoms with van der Waals surface area (Å²) >= 11 is 0. The minimum absolute atomic E-state index is 0.0629. The molecule has 0 rings (SSSR count). The average Bonchev–Trinajstić information content (AvgIpc) is 3.19. The Hall–Kier alpha value is -1.59. The molecule has 0 aromatic carbocycles. The molecule has 57 heavy (non-hydrogen) atoms. The van der Waals surface area contributed by atoms with E-state index in [2.05, 4.69) is 27.7 Å². The molecule has 0 bridgehead atoms. The van der Waals surface area contributed by atoms with E-state index in [9.17, 15) is 14.4 Å². The van der Waals surface area contributed by atoms with E-state index in [1.165, 1.54) is 180 Å². The lowest BCUT2D eigenvalue weighted by molar-refractivity contribution is -0.167. The van der Waals surface area contributed by atoms with Crippen molar-refractivity contribution < 1.29 is 28.6 Å². The van der Waals surface area contributed by atoms with Gasteiger partial charge in [-0.3, -0.25) is 14.4 Å². The summed E-state index contributed by atoms with van der Waals surface area (Å²) in [6.45, 7) is 9.01. The van der Waals surface area contributed by atoms with E-state index in [0.29, 0.717) is 19.3 Å². The van der Waals surface area contributed by atoms with Crippen LogP contribution >= 0.6 is 0 Å². The summed E-state index contributed by atoms with van der Waals surface area (Å²) in [5, 5.41) is 0. The number of carbonyl (C=O) groups excluding carboxylic acids is 3. The highest BCUT2D eigenvalue weighted by molar-refractivity contribution is 5.71. The standard InChI is InChI=1S/C51H98O6/c1-5-7-9-11-13-15-17-18-19-23-27-31-35-39-43-50(53)56-46-48(45-55-49(52)42-38-34-30-26-21-16-14-12-10-8-6-2)57-51(54)44-40-36-32-28-24-20-22-25-29-33-37-41-47(3)4/h47-48H,5-46H2,1-4H3/t48-/m1/s1. The molecule has 0 N–H and O–H groups in total. The van der Waals surface area contributed by atoms with Crippen LogP contribution in [0.25, 0.3) is 0 Å². The molecule has 0 unspecified atom stereocenters. The van der Waals surface area contributed by atoms with Gasteiger partial charge in [-0.05, 0) is 25.2 Å². The zero-order valence-corrected chi connectivity index (χ0v) is 38.8. The fraction of sp³-hybridized carbons (Fsp3) is 0.941. The van der Waals surface area contributed by atoms with Crippen molar-refractivity contribution in [2.45, 2.75) is 291 Å². The van der Waals surface area contributed by atoms with Crippen LogP contribution in [0.4, 0.5) is 0 Å². The van der Waals surface area contributed by atoms with Crippen LogP contribution in [0.2, 0.25) is 0 Å². The number of esters is 3. The molecule has 0 aliphatic rings. The lowest BCUT2D eigenvalue weighted by Crippen LogP contribution is -2.30. The Morgan fingerprint density at radius 2 is 0.579 bits per heavy atom. The Labute approximate surface area is 355 Å². The summed E-state index contributed by atoms with van der Waals surface area (Å²) in [4.78, 5) is 37.9. The second-order valence-electron chi connectivity index (χ2n) is 17.9. The summed E-state index contributed by atoms with van der Waals surface area (Å²) in [5.41, 5.74) is 0. The Bertz CT molecular complexity index is 857. The molecule has 0 aromatic heterocycles. The molecule has 0 aromatic rings. The fourth-order valence-corrected chi connectivity index (χ4v) is 7.69. The predicted octanol–water partition coefficient (Wildman–Crippen LogP) is 16.3. The molecule has 0 saturated heterocycles. The predicted molar refractivity (Wildman–Crippen MR) is 243 cm³/mol. The summed E-state index contributed by atoms with van der Waals surface area (Å²) in [5.74, 6) is -0.0213. The van der Waals surface area contributed by atoms with E-state index in [4.69, 9.17) is 14.2 Å². The minimum atomic E-state index is -0.760. The third-order valence-corrected chi connectivity index (χ3v) is 11.5. The van der Waals surface area contributed by atoms with E-state index >= 15 is 0 Å². The van der Waals surface area contributed by atoms with E-state index in [1.807, 2.05) is 0 Å². The Balaban J connectivity index is 4.31. The average molecular weight is 807 g/mol. The highest BCUT2D eigenvalue weighted by Crippen LogP contribution is 2.17. The molecule has 0 heterocycles. The highest BCUT2D eigenvalue weighted by atomic mass is 16.6. The molecule has 1 atom stereocenters. The normalized spacial score (nSPS) is 11.9. The van der Waals surface area contributed by atoms with Crippen LogP contribution in [0.3, 0.4) is 0 Å². The third-order valence-electron chi connectivity index (χ3n) is 11.5. The van der Waals surface area contributed by atoms with Crippen LogP contribution in [0.5, 0.6) is 0 Å². The van der Waals surface area contributed by atoms with Crippen molar-refractivity contribution in [1.82, 2.24) is 0 Å². The quantitative estimate of drug-likeness (QED) is 0.0346. The highest BCUT2D eigenvalue weighted by Gasteiger charge is 2.19. The lowest BCUT2D eigenvalue weighted by atomic mass is 10.0. The molecule has 0 radical (unpaired) electrons. The van der Waals surface area contributed by atoms with E-state index in [0.717, 1.165) is 63.7 Å². The zero-order valence-electron chi connectivity index (χ0n) is 38.8. The topological polar surface area (TPSA) is 78.9 Å². The maximum atomic E-state index is 12.8. The van der Waals surface area contributed by atoms with Crippen molar-refractivity contribution in [3.8, 4) is 0 Å².